The lowest BCUT2D eigenvalue weighted by molar-refractivity contribution is 0.731. The van der Waals surface area contributed by atoms with E-state index in [1.165, 1.54) is 24.0 Å². The molecule has 0 aromatic carbocycles. The fraction of sp³-hybridized carbons (Fsp3) is 0.600. The summed E-state index contributed by atoms with van der Waals surface area (Å²) in [4.78, 5) is 0. The molecule has 62 valence electrons. The van der Waals surface area contributed by atoms with Gasteiger partial charge in [0.2, 0.25) is 0 Å². The van der Waals surface area contributed by atoms with Crippen molar-refractivity contribution in [2.45, 2.75) is 39.2 Å². The number of hydrogen-bond acceptors (Lipinski definition) is 1. The normalized spacial score (nSPS) is 20.6. The fourth-order valence-corrected chi connectivity index (χ4v) is 1.46. The zero-order chi connectivity index (χ0) is 8.27. The van der Waals surface area contributed by atoms with Gasteiger partial charge in [-0.25, -0.2) is 0 Å². The van der Waals surface area contributed by atoms with E-state index in [0.29, 0.717) is 0 Å². The van der Waals surface area contributed by atoms with Gasteiger partial charge in [-0.15, -0.1) is 0 Å². The second-order valence-electron chi connectivity index (χ2n) is 3.19. The Hall–Kier alpha value is -0.560. The molecule has 1 nitrogen and oxygen atoms in total. The summed E-state index contributed by atoms with van der Waals surface area (Å²) in [6, 6.07) is 0.256. The summed E-state index contributed by atoms with van der Waals surface area (Å²) in [5, 5.41) is 0. The first-order valence-electron chi connectivity index (χ1n) is 4.37. The molecule has 0 unspecified atom stereocenters. The summed E-state index contributed by atoms with van der Waals surface area (Å²) in [7, 11) is 0. The standard InChI is InChI=1S/C10H17N/c1-3-10(11)9-7-5-4-6-8(9)2/h5,7,10H,3-4,6,11H2,1-2H3/t10-/m1/s1. The Morgan fingerprint density at radius 3 is 2.91 bits per heavy atom. The van der Waals surface area contributed by atoms with E-state index in [1.807, 2.05) is 0 Å². The smallest absolute Gasteiger partial charge is 0.0291 e. The Labute approximate surface area is 69.0 Å². The van der Waals surface area contributed by atoms with Crippen molar-refractivity contribution in [3.63, 3.8) is 0 Å². The molecule has 0 aromatic rings. The monoisotopic (exact) mass is 151 g/mol. The minimum atomic E-state index is 0.256. The van der Waals surface area contributed by atoms with Gasteiger partial charge < -0.3 is 5.73 Å². The lowest BCUT2D eigenvalue weighted by Crippen LogP contribution is -2.22. The third kappa shape index (κ3) is 1.93. The third-order valence-corrected chi connectivity index (χ3v) is 2.32. The molecule has 1 rings (SSSR count). The van der Waals surface area contributed by atoms with Crippen molar-refractivity contribution in [2.24, 2.45) is 5.73 Å². The van der Waals surface area contributed by atoms with Gasteiger partial charge in [-0.2, -0.15) is 0 Å². The van der Waals surface area contributed by atoms with Gasteiger partial charge in [0.1, 0.15) is 0 Å². The highest BCUT2D eigenvalue weighted by Gasteiger charge is 2.09. The van der Waals surface area contributed by atoms with Crippen molar-refractivity contribution in [1.29, 1.82) is 0 Å². The largest absolute Gasteiger partial charge is 0.324 e. The van der Waals surface area contributed by atoms with Crippen LogP contribution in [0.15, 0.2) is 23.3 Å². The molecule has 1 aliphatic rings. The first kappa shape index (κ1) is 8.54. The summed E-state index contributed by atoms with van der Waals surface area (Å²) in [5.41, 5.74) is 8.76. The van der Waals surface area contributed by atoms with Crippen molar-refractivity contribution >= 4 is 0 Å². The van der Waals surface area contributed by atoms with Gasteiger partial charge in [0, 0.05) is 6.04 Å². The average Bonchev–Trinajstić information content (AvgIpc) is 2.04. The summed E-state index contributed by atoms with van der Waals surface area (Å²) in [6.45, 7) is 4.32. The molecule has 0 saturated carbocycles. The second-order valence-corrected chi connectivity index (χ2v) is 3.19. The molecule has 0 spiro atoms. The quantitative estimate of drug-likeness (QED) is 0.644. The Bertz CT molecular complexity index is 189. The lowest BCUT2D eigenvalue weighted by atomic mass is 9.93. The van der Waals surface area contributed by atoms with Crippen molar-refractivity contribution in [1.82, 2.24) is 0 Å². The number of rotatable bonds is 2. The summed E-state index contributed by atoms with van der Waals surface area (Å²) in [5.74, 6) is 0. The SMILES string of the molecule is CC[C@@H](N)C1=C(C)CCC=C1. The maximum atomic E-state index is 5.93. The van der Waals surface area contributed by atoms with Crippen LogP contribution in [0.4, 0.5) is 0 Å². The van der Waals surface area contributed by atoms with Crippen molar-refractivity contribution in [2.75, 3.05) is 0 Å². The first-order chi connectivity index (χ1) is 5.25. The van der Waals surface area contributed by atoms with E-state index >= 15 is 0 Å². The van der Waals surface area contributed by atoms with Gasteiger partial charge in [-0.05, 0) is 31.8 Å². The third-order valence-electron chi connectivity index (χ3n) is 2.32. The van der Waals surface area contributed by atoms with Gasteiger partial charge in [0.05, 0.1) is 0 Å². The van der Waals surface area contributed by atoms with Gasteiger partial charge in [0.25, 0.3) is 0 Å². The van der Waals surface area contributed by atoms with Crippen LogP contribution in [0.5, 0.6) is 0 Å². The van der Waals surface area contributed by atoms with Gasteiger partial charge in [0.15, 0.2) is 0 Å². The highest BCUT2D eigenvalue weighted by molar-refractivity contribution is 5.32. The second kappa shape index (κ2) is 3.72. The molecule has 0 heterocycles. The van der Waals surface area contributed by atoms with Crippen molar-refractivity contribution < 1.29 is 0 Å². The fourth-order valence-electron chi connectivity index (χ4n) is 1.46. The van der Waals surface area contributed by atoms with E-state index in [-0.39, 0.29) is 6.04 Å². The predicted molar refractivity (Wildman–Crippen MR) is 49.3 cm³/mol. The summed E-state index contributed by atoms with van der Waals surface area (Å²) < 4.78 is 0. The molecule has 0 aliphatic heterocycles. The molecule has 0 radical (unpaired) electrons. The summed E-state index contributed by atoms with van der Waals surface area (Å²) in [6.07, 6.45) is 7.83. The van der Waals surface area contributed by atoms with E-state index in [1.54, 1.807) is 0 Å². The van der Waals surface area contributed by atoms with Gasteiger partial charge in [-0.1, -0.05) is 24.6 Å². The van der Waals surface area contributed by atoms with Crippen LogP contribution in [0.25, 0.3) is 0 Å². The van der Waals surface area contributed by atoms with Crippen LogP contribution < -0.4 is 5.73 Å². The van der Waals surface area contributed by atoms with Crippen molar-refractivity contribution in [3.05, 3.63) is 23.3 Å². The van der Waals surface area contributed by atoms with Crippen LogP contribution in [0.3, 0.4) is 0 Å². The lowest BCUT2D eigenvalue weighted by Gasteiger charge is -2.17. The van der Waals surface area contributed by atoms with Gasteiger partial charge >= 0.3 is 0 Å². The van der Waals surface area contributed by atoms with E-state index in [2.05, 4.69) is 26.0 Å². The predicted octanol–water partition coefficient (Wildman–Crippen LogP) is 2.39. The minimum Gasteiger partial charge on any atom is -0.324 e. The van der Waals surface area contributed by atoms with E-state index in [0.717, 1.165) is 6.42 Å². The highest BCUT2D eigenvalue weighted by atomic mass is 14.6. The molecule has 1 aliphatic carbocycles. The number of nitrogens with two attached hydrogens (primary N) is 1. The Morgan fingerprint density at radius 1 is 1.64 bits per heavy atom. The van der Waals surface area contributed by atoms with E-state index < -0.39 is 0 Å². The molecular formula is C10H17N. The Balaban J connectivity index is 2.75. The molecule has 1 heteroatoms. The average molecular weight is 151 g/mol. The van der Waals surface area contributed by atoms with Crippen LogP contribution >= 0.6 is 0 Å². The van der Waals surface area contributed by atoms with Crippen LogP contribution in [0, 0.1) is 0 Å². The van der Waals surface area contributed by atoms with E-state index in [9.17, 15) is 0 Å². The van der Waals surface area contributed by atoms with E-state index in [4.69, 9.17) is 5.73 Å². The first-order valence-corrected chi connectivity index (χ1v) is 4.37. The highest BCUT2D eigenvalue weighted by Crippen LogP contribution is 2.21. The molecular weight excluding hydrogens is 134 g/mol. The zero-order valence-electron chi connectivity index (χ0n) is 7.43. The molecule has 1 atom stereocenters. The van der Waals surface area contributed by atoms with Gasteiger partial charge in [-0.3, -0.25) is 0 Å². The molecule has 0 saturated heterocycles. The Morgan fingerprint density at radius 2 is 2.36 bits per heavy atom. The number of hydrogen-bond donors (Lipinski definition) is 1. The molecule has 0 fully saturated rings. The molecule has 0 bridgehead atoms. The number of allylic oxidation sites excluding steroid dienone is 2. The van der Waals surface area contributed by atoms with Crippen LogP contribution in [0.1, 0.15) is 33.1 Å². The molecule has 2 N–H and O–H groups in total. The molecule has 11 heavy (non-hydrogen) atoms. The topological polar surface area (TPSA) is 26.0 Å². The van der Waals surface area contributed by atoms with Crippen LogP contribution in [0.2, 0.25) is 0 Å². The van der Waals surface area contributed by atoms with Crippen LogP contribution in [-0.2, 0) is 0 Å². The molecule has 0 amide bonds. The van der Waals surface area contributed by atoms with Crippen molar-refractivity contribution in [3.8, 4) is 0 Å². The minimum absolute atomic E-state index is 0.256. The Kier molecular flexibility index (Phi) is 2.89. The summed E-state index contributed by atoms with van der Waals surface area (Å²) >= 11 is 0. The zero-order valence-corrected chi connectivity index (χ0v) is 7.43. The maximum absolute atomic E-state index is 5.93. The maximum Gasteiger partial charge on any atom is 0.0291 e. The van der Waals surface area contributed by atoms with Crippen LogP contribution in [-0.4, -0.2) is 6.04 Å². The molecule has 0 aromatic heterocycles.